The van der Waals surface area contributed by atoms with Gasteiger partial charge >= 0.3 is 0 Å². The SMILES string of the molecule is CC(=O)/C=C/C1=C(N)C(=N)N=C1. The van der Waals surface area contributed by atoms with Crippen molar-refractivity contribution < 1.29 is 4.79 Å². The summed E-state index contributed by atoms with van der Waals surface area (Å²) in [5.74, 6) is 0.000308. The summed E-state index contributed by atoms with van der Waals surface area (Å²) < 4.78 is 0. The molecule has 0 bridgehead atoms. The lowest BCUT2D eigenvalue weighted by Gasteiger charge is -1.91. The van der Waals surface area contributed by atoms with Crippen LogP contribution in [0.25, 0.3) is 0 Å². The highest BCUT2D eigenvalue weighted by molar-refractivity contribution is 6.13. The van der Waals surface area contributed by atoms with Gasteiger partial charge in [0.2, 0.25) is 0 Å². The van der Waals surface area contributed by atoms with Crippen LogP contribution in [0.1, 0.15) is 6.92 Å². The Morgan fingerprint density at radius 2 is 2.42 bits per heavy atom. The molecule has 62 valence electrons. The minimum Gasteiger partial charge on any atom is -0.395 e. The van der Waals surface area contributed by atoms with Gasteiger partial charge in [0.25, 0.3) is 0 Å². The summed E-state index contributed by atoms with van der Waals surface area (Å²) in [5.41, 5.74) is 6.41. The molecule has 1 rings (SSSR count). The van der Waals surface area contributed by atoms with Crippen LogP contribution < -0.4 is 5.73 Å². The first-order valence-electron chi connectivity index (χ1n) is 3.42. The molecule has 0 saturated carbocycles. The van der Waals surface area contributed by atoms with Crippen molar-refractivity contribution in [3.63, 3.8) is 0 Å². The fourth-order valence-electron chi connectivity index (χ4n) is 0.750. The van der Waals surface area contributed by atoms with Gasteiger partial charge in [-0.3, -0.25) is 10.2 Å². The van der Waals surface area contributed by atoms with E-state index in [0.29, 0.717) is 11.3 Å². The Labute approximate surface area is 70.0 Å². The molecule has 3 N–H and O–H groups in total. The van der Waals surface area contributed by atoms with Crippen molar-refractivity contribution in [3.05, 3.63) is 23.4 Å². The highest BCUT2D eigenvalue weighted by atomic mass is 16.1. The maximum Gasteiger partial charge on any atom is 0.168 e. The molecule has 0 amide bonds. The van der Waals surface area contributed by atoms with Crippen LogP contribution in [0.4, 0.5) is 0 Å². The van der Waals surface area contributed by atoms with E-state index < -0.39 is 0 Å². The van der Waals surface area contributed by atoms with Crippen LogP contribution in [0.15, 0.2) is 28.4 Å². The van der Waals surface area contributed by atoms with Gasteiger partial charge < -0.3 is 5.73 Å². The van der Waals surface area contributed by atoms with Crippen molar-refractivity contribution in [2.24, 2.45) is 10.7 Å². The summed E-state index contributed by atoms with van der Waals surface area (Å²) in [5, 5.41) is 7.17. The second-order valence-corrected chi connectivity index (χ2v) is 2.42. The predicted molar refractivity (Wildman–Crippen MR) is 47.3 cm³/mol. The van der Waals surface area contributed by atoms with E-state index in [1.54, 1.807) is 6.08 Å². The summed E-state index contributed by atoms with van der Waals surface area (Å²) in [7, 11) is 0. The van der Waals surface area contributed by atoms with Crippen LogP contribution in [0.2, 0.25) is 0 Å². The number of amidine groups is 1. The van der Waals surface area contributed by atoms with E-state index in [1.165, 1.54) is 19.2 Å². The van der Waals surface area contributed by atoms with Gasteiger partial charge in [0.05, 0.1) is 5.70 Å². The molecule has 4 nitrogen and oxygen atoms in total. The lowest BCUT2D eigenvalue weighted by atomic mass is 10.2. The van der Waals surface area contributed by atoms with Gasteiger partial charge in [-0.2, -0.15) is 0 Å². The van der Waals surface area contributed by atoms with Gasteiger partial charge in [-0.1, -0.05) is 0 Å². The van der Waals surface area contributed by atoms with Crippen molar-refractivity contribution in [1.82, 2.24) is 0 Å². The standard InChI is InChI=1S/C8H9N3O/c1-5(12)2-3-6-4-11-8(10)7(6)9/h2-4H,1H3,(H3,9,10,11)/b3-2+. The molecule has 1 aliphatic heterocycles. The van der Waals surface area contributed by atoms with Crippen LogP contribution in [-0.2, 0) is 4.79 Å². The number of ketones is 1. The maximum absolute atomic E-state index is 10.5. The first kappa shape index (κ1) is 8.39. The minimum absolute atomic E-state index is 0.0536. The number of rotatable bonds is 2. The number of hydrogen-bond donors (Lipinski definition) is 2. The molecule has 12 heavy (non-hydrogen) atoms. The molecule has 4 heteroatoms. The molecule has 0 fully saturated rings. The van der Waals surface area contributed by atoms with E-state index in [1.807, 2.05) is 0 Å². The number of carbonyl (C=O) groups is 1. The van der Waals surface area contributed by atoms with Crippen LogP contribution in [0.5, 0.6) is 0 Å². The topological polar surface area (TPSA) is 79.3 Å². The Balaban J connectivity index is 2.84. The van der Waals surface area contributed by atoms with Crippen molar-refractivity contribution in [2.45, 2.75) is 6.92 Å². The van der Waals surface area contributed by atoms with E-state index in [0.717, 1.165) is 0 Å². The highest BCUT2D eigenvalue weighted by Crippen LogP contribution is 2.07. The molecule has 0 aromatic carbocycles. The highest BCUT2D eigenvalue weighted by Gasteiger charge is 2.09. The summed E-state index contributed by atoms with van der Waals surface area (Å²) >= 11 is 0. The quantitative estimate of drug-likeness (QED) is 0.578. The molecule has 0 unspecified atom stereocenters. The van der Waals surface area contributed by atoms with E-state index in [-0.39, 0.29) is 11.6 Å². The van der Waals surface area contributed by atoms with Crippen LogP contribution in [0, 0.1) is 5.41 Å². The van der Waals surface area contributed by atoms with E-state index >= 15 is 0 Å². The molecule has 0 radical (unpaired) electrons. The molecule has 0 aromatic rings. The van der Waals surface area contributed by atoms with Crippen molar-refractivity contribution in [1.29, 1.82) is 5.41 Å². The summed E-state index contributed by atoms with van der Waals surface area (Å²) in [6.45, 7) is 1.45. The maximum atomic E-state index is 10.5. The normalized spacial score (nSPS) is 16.6. The van der Waals surface area contributed by atoms with Gasteiger partial charge in [0.15, 0.2) is 11.6 Å². The van der Waals surface area contributed by atoms with Crippen LogP contribution in [-0.4, -0.2) is 17.8 Å². The lowest BCUT2D eigenvalue weighted by Crippen LogP contribution is -2.05. The lowest BCUT2D eigenvalue weighted by molar-refractivity contribution is -0.112. The van der Waals surface area contributed by atoms with Crippen molar-refractivity contribution >= 4 is 17.8 Å². The molecule has 1 heterocycles. The van der Waals surface area contributed by atoms with Crippen LogP contribution in [0.3, 0.4) is 0 Å². The zero-order valence-corrected chi connectivity index (χ0v) is 6.66. The largest absolute Gasteiger partial charge is 0.395 e. The number of nitrogens with zero attached hydrogens (tertiary/aromatic N) is 1. The van der Waals surface area contributed by atoms with Gasteiger partial charge in [-0.05, 0) is 19.1 Å². The second-order valence-electron chi connectivity index (χ2n) is 2.42. The van der Waals surface area contributed by atoms with E-state index in [4.69, 9.17) is 11.1 Å². The summed E-state index contributed by atoms with van der Waals surface area (Å²) in [4.78, 5) is 14.2. The molecule has 0 aliphatic carbocycles. The second kappa shape index (κ2) is 3.13. The molecule has 0 saturated heterocycles. The number of nitrogens with one attached hydrogen (secondary N) is 1. The Hall–Kier alpha value is -1.71. The average molecular weight is 163 g/mol. The van der Waals surface area contributed by atoms with Gasteiger partial charge in [0, 0.05) is 11.8 Å². The fourth-order valence-corrected chi connectivity index (χ4v) is 0.750. The number of allylic oxidation sites excluding steroid dienone is 3. The van der Waals surface area contributed by atoms with Crippen LogP contribution >= 0.6 is 0 Å². The Kier molecular flexibility index (Phi) is 2.19. The molecule has 1 aliphatic rings. The fraction of sp³-hybridized carbons (Fsp3) is 0.125. The third-order valence-electron chi connectivity index (χ3n) is 1.40. The van der Waals surface area contributed by atoms with Gasteiger partial charge in [-0.25, -0.2) is 4.99 Å². The zero-order valence-electron chi connectivity index (χ0n) is 6.66. The monoisotopic (exact) mass is 163 g/mol. The number of aliphatic imine (C=N–C) groups is 1. The molecular formula is C8H9N3O. The van der Waals surface area contributed by atoms with E-state index in [9.17, 15) is 4.79 Å². The summed E-state index contributed by atoms with van der Waals surface area (Å²) in [6.07, 6.45) is 4.42. The van der Waals surface area contributed by atoms with Crippen molar-refractivity contribution in [2.75, 3.05) is 0 Å². The average Bonchev–Trinajstić information content (AvgIpc) is 2.30. The Morgan fingerprint density at radius 1 is 1.75 bits per heavy atom. The third-order valence-corrected chi connectivity index (χ3v) is 1.40. The first-order valence-corrected chi connectivity index (χ1v) is 3.42. The molecule has 0 spiro atoms. The Morgan fingerprint density at radius 3 is 2.83 bits per heavy atom. The number of carbonyl (C=O) groups excluding carboxylic acids is 1. The smallest absolute Gasteiger partial charge is 0.168 e. The minimum atomic E-state index is -0.0536. The number of hydrogen-bond acceptors (Lipinski definition) is 3. The number of nitrogens with two attached hydrogens (primary N) is 1. The van der Waals surface area contributed by atoms with Gasteiger partial charge in [0.1, 0.15) is 0 Å². The van der Waals surface area contributed by atoms with Crippen molar-refractivity contribution in [3.8, 4) is 0 Å². The van der Waals surface area contributed by atoms with E-state index in [2.05, 4.69) is 4.99 Å². The molecule has 0 aromatic heterocycles. The molecular weight excluding hydrogens is 154 g/mol. The summed E-state index contributed by atoms with van der Waals surface area (Å²) in [6, 6.07) is 0. The van der Waals surface area contributed by atoms with Gasteiger partial charge in [-0.15, -0.1) is 0 Å². The Bertz CT molecular complexity index is 323. The zero-order chi connectivity index (χ0) is 9.14. The predicted octanol–water partition coefficient (Wildman–Crippen LogP) is 0.406. The molecule has 0 atom stereocenters. The third kappa shape index (κ3) is 1.66. The first-order chi connectivity index (χ1) is 5.61.